The Morgan fingerprint density at radius 3 is 3.00 bits per heavy atom. The Kier molecular flexibility index (Phi) is 3.47. The summed E-state index contributed by atoms with van der Waals surface area (Å²) in [6.45, 7) is 1.33. The molecule has 0 bridgehead atoms. The summed E-state index contributed by atoms with van der Waals surface area (Å²) >= 11 is 0. The number of nitro groups is 1. The van der Waals surface area contributed by atoms with Crippen molar-refractivity contribution in [1.82, 2.24) is 14.9 Å². The van der Waals surface area contributed by atoms with E-state index in [1.165, 1.54) is 18.9 Å². The fourth-order valence-corrected chi connectivity index (χ4v) is 2.27. The highest BCUT2D eigenvalue weighted by molar-refractivity contribution is 5.34. The third kappa shape index (κ3) is 2.85. The van der Waals surface area contributed by atoms with E-state index in [9.17, 15) is 10.1 Å². The van der Waals surface area contributed by atoms with E-state index in [4.69, 9.17) is 0 Å². The van der Waals surface area contributed by atoms with Crippen LogP contribution in [-0.4, -0.2) is 14.5 Å². The molecule has 0 spiro atoms. The molecule has 0 saturated heterocycles. The first-order valence-electron chi connectivity index (χ1n) is 6.69. The minimum Gasteiger partial charge on any atom is -0.330 e. The first-order chi connectivity index (χ1) is 9.74. The molecule has 1 saturated carbocycles. The van der Waals surface area contributed by atoms with Crippen LogP contribution in [0.3, 0.4) is 0 Å². The van der Waals surface area contributed by atoms with Gasteiger partial charge in [0.15, 0.2) is 0 Å². The van der Waals surface area contributed by atoms with Crippen LogP contribution in [0.1, 0.15) is 30.1 Å². The first-order valence-corrected chi connectivity index (χ1v) is 6.69. The van der Waals surface area contributed by atoms with Crippen molar-refractivity contribution >= 4 is 5.69 Å². The molecule has 1 heterocycles. The predicted molar refractivity (Wildman–Crippen MR) is 74.1 cm³/mol. The fourth-order valence-electron chi connectivity index (χ4n) is 2.27. The molecule has 1 N–H and O–H groups in total. The van der Waals surface area contributed by atoms with Gasteiger partial charge in [0.25, 0.3) is 5.69 Å². The zero-order chi connectivity index (χ0) is 13.9. The van der Waals surface area contributed by atoms with Crippen LogP contribution >= 0.6 is 0 Å². The molecule has 6 nitrogen and oxygen atoms in total. The molecular weight excluding hydrogens is 256 g/mol. The summed E-state index contributed by atoms with van der Waals surface area (Å²) in [6, 6.07) is 7.32. The molecular formula is C14H16N4O2. The molecule has 0 aliphatic heterocycles. The average molecular weight is 272 g/mol. The van der Waals surface area contributed by atoms with E-state index in [0.29, 0.717) is 12.6 Å². The topological polar surface area (TPSA) is 73.0 Å². The number of non-ortho nitro benzene ring substituents is 1. The van der Waals surface area contributed by atoms with Gasteiger partial charge in [-0.05, 0) is 18.4 Å². The van der Waals surface area contributed by atoms with Gasteiger partial charge in [-0.2, -0.15) is 0 Å². The number of nitrogens with one attached hydrogen (secondary N) is 1. The van der Waals surface area contributed by atoms with Crippen LogP contribution in [0, 0.1) is 10.1 Å². The molecule has 1 aliphatic rings. The van der Waals surface area contributed by atoms with Crippen molar-refractivity contribution in [2.45, 2.75) is 32.0 Å². The van der Waals surface area contributed by atoms with Gasteiger partial charge in [0.05, 0.1) is 16.9 Å². The maximum Gasteiger partial charge on any atom is 0.269 e. The van der Waals surface area contributed by atoms with Crippen LogP contribution in [0.4, 0.5) is 5.69 Å². The second-order valence-electron chi connectivity index (χ2n) is 5.05. The van der Waals surface area contributed by atoms with Gasteiger partial charge in [-0.1, -0.05) is 12.1 Å². The number of imidazole rings is 1. The third-order valence-electron chi connectivity index (χ3n) is 3.44. The van der Waals surface area contributed by atoms with Crippen LogP contribution in [0.5, 0.6) is 0 Å². The van der Waals surface area contributed by atoms with Gasteiger partial charge < -0.3 is 9.88 Å². The standard InChI is InChI=1S/C14H16N4O2/c19-18(20)13-3-1-2-11(6-13)7-15-8-14-9-16-10-17(14)12-4-5-12/h1-3,6,9-10,12,15H,4-5,7-8H2. The number of hydrogen-bond acceptors (Lipinski definition) is 4. The molecule has 3 rings (SSSR count). The summed E-state index contributed by atoms with van der Waals surface area (Å²) in [5, 5.41) is 14.0. The number of nitrogens with zero attached hydrogens (tertiary/aromatic N) is 3. The smallest absolute Gasteiger partial charge is 0.269 e. The van der Waals surface area contributed by atoms with E-state index in [2.05, 4.69) is 14.9 Å². The monoisotopic (exact) mass is 272 g/mol. The van der Waals surface area contributed by atoms with Crippen molar-refractivity contribution in [1.29, 1.82) is 0 Å². The Bertz CT molecular complexity index is 619. The lowest BCUT2D eigenvalue weighted by atomic mass is 10.2. The number of benzene rings is 1. The lowest BCUT2D eigenvalue weighted by Gasteiger charge is -2.08. The summed E-state index contributed by atoms with van der Waals surface area (Å²) in [6.07, 6.45) is 6.21. The normalized spacial score (nSPS) is 14.4. The molecule has 104 valence electrons. The Morgan fingerprint density at radius 1 is 1.40 bits per heavy atom. The van der Waals surface area contributed by atoms with Gasteiger partial charge in [-0.25, -0.2) is 4.98 Å². The van der Waals surface area contributed by atoms with Crippen LogP contribution < -0.4 is 5.32 Å². The average Bonchev–Trinajstić information content (AvgIpc) is 3.19. The maximum atomic E-state index is 10.7. The molecule has 1 aromatic heterocycles. The van der Waals surface area contributed by atoms with Crippen molar-refractivity contribution in [2.24, 2.45) is 0 Å². The lowest BCUT2D eigenvalue weighted by molar-refractivity contribution is -0.384. The number of hydrogen-bond donors (Lipinski definition) is 1. The predicted octanol–water partition coefficient (Wildman–Crippen LogP) is 2.42. The third-order valence-corrected chi connectivity index (χ3v) is 3.44. The summed E-state index contributed by atoms with van der Waals surface area (Å²) in [7, 11) is 0. The van der Waals surface area contributed by atoms with Gasteiger partial charge >= 0.3 is 0 Å². The molecule has 0 radical (unpaired) electrons. The molecule has 6 heteroatoms. The summed E-state index contributed by atoms with van der Waals surface area (Å²) in [5.74, 6) is 0. The van der Waals surface area contributed by atoms with Crippen LogP contribution in [0.2, 0.25) is 0 Å². The molecule has 20 heavy (non-hydrogen) atoms. The number of rotatable bonds is 6. The van der Waals surface area contributed by atoms with E-state index in [1.54, 1.807) is 12.1 Å². The van der Waals surface area contributed by atoms with E-state index < -0.39 is 0 Å². The molecule has 2 aromatic rings. The Balaban J connectivity index is 1.58. The van der Waals surface area contributed by atoms with E-state index >= 15 is 0 Å². The second-order valence-corrected chi connectivity index (χ2v) is 5.05. The van der Waals surface area contributed by atoms with Crippen molar-refractivity contribution in [2.75, 3.05) is 0 Å². The highest BCUT2D eigenvalue weighted by Crippen LogP contribution is 2.35. The zero-order valence-corrected chi connectivity index (χ0v) is 11.0. The highest BCUT2D eigenvalue weighted by atomic mass is 16.6. The van der Waals surface area contributed by atoms with Crippen molar-refractivity contribution in [3.05, 3.63) is 58.2 Å². The van der Waals surface area contributed by atoms with Crippen molar-refractivity contribution < 1.29 is 4.92 Å². The summed E-state index contributed by atoms with van der Waals surface area (Å²) in [5.41, 5.74) is 2.21. The molecule has 1 aliphatic carbocycles. The molecule has 0 unspecified atom stereocenters. The molecule has 0 amide bonds. The Morgan fingerprint density at radius 2 is 2.25 bits per heavy atom. The molecule has 1 fully saturated rings. The van der Waals surface area contributed by atoms with Crippen LogP contribution in [0.15, 0.2) is 36.8 Å². The minimum atomic E-state index is -0.369. The highest BCUT2D eigenvalue weighted by Gasteiger charge is 2.24. The molecule has 1 aromatic carbocycles. The first kappa shape index (κ1) is 12.8. The number of aromatic nitrogens is 2. The molecule has 0 atom stereocenters. The Labute approximate surface area is 116 Å². The second kappa shape index (κ2) is 5.42. The lowest BCUT2D eigenvalue weighted by Crippen LogP contribution is -2.15. The van der Waals surface area contributed by atoms with Crippen molar-refractivity contribution in [3.8, 4) is 0 Å². The minimum absolute atomic E-state index is 0.132. The van der Waals surface area contributed by atoms with Gasteiger partial charge in [0.2, 0.25) is 0 Å². The van der Waals surface area contributed by atoms with Crippen molar-refractivity contribution in [3.63, 3.8) is 0 Å². The summed E-state index contributed by atoms with van der Waals surface area (Å²) in [4.78, 5) is 14.5. The maximum absolute atomic E-state index is 10.7. The van der Waals surface area contributed by atoms with E-state index in [-0.39, 0.29) is 10.6 Å². The zero-order valence-electron chi connectivity index (χ0n) is 11.0. The van der Waals surface area contributed by atoms with Crippen LogP contribution in [0.25, 0.3) is 0 Å². The van der Waals surface area contributed by atoms with E-state index in [1.807, 2.05) is 18.6 Å². The Hall–Kier alpha value is -2.21. The van der Waals surface area contributed by atoms with E-state index in [0.717, 1.165) is 17.8 Å². The number of nitro benzene ring substituents is 1. The van der Waals surface area contributed by atoms with Gasteiger partial charge in [0.1, 0.15) is 0 Å². The van der Waals surface area contributed by atoms with Gasteiger partial charge in [-0.3, -0.25) is 10.1 Å². The fraction of sp³-hybridized carbons (Fsp3) is 0.357. The SMILES string of the molecule is O=[N+]([O-])c1cccc(CNCc2cncn2C2CC2)c1. The van der Waals surface area contributed by atoms with Crippen LogP contribution in [-0.2, 0) is 13.1 Å². The quantitative estimate of drug-likeness (QED) is 0.647. The largest absolute Gasteiger partial charge is 0.330 e. The van der Waals surface area contributed by atoms with Gasteiger partial charge in [0, 0.05) is 37.5 Å². The summed E-state index contributed by atoms with van der Waals surface area (Å²) < 4.78 is 2.21. The van der Waals surface area contributed by atoms with Gasteiger partial charge in [-0.15, -0.1) is 0 Å².